The van der Waals surface area contributed by atoms with Gasteiger partial charge in [-0.1, -0.05) is 35.9 Å². The number of aromatic nitrogens is 3. The summed E-state index contributed by atoms with van der Waals surface area (Å²) in [5.74, 6) is -2.99. The lowest BCUT2D eigenvalue weighted by molar-refractivity contribution is -0.129. The van der Waals surface area contributed by atoms with Crippen molar-refractivity contribution in [2.24, 2.45) is 0 Å². The van der Waals surface area contributed by atoms with Gasteiger partial charge in [-0.05, 0) is 50.4 Å². The number of halogens is 5. The molecule has 0 aliphatic carbocycles. The number of carbonyl (C=O) groups is 1. The predicted octanol–water partition coefficient (Wildman–Crippen LogP) is 5.94. The Balaban J connectivity index is 1.16. The second-order valence-corrected chi connectivity index (χ2v) is 14.0. The lowest BCUT2D eigenvalue weighted by atomic mass is 9.95. The molecule has 0 N–H and O–H groups in total. The highest BCUT2D eigenvalue weighted by Crippen LogP contribution is 2.41. The molecule has 0 radical (unpaired) electrons. The highest BCUT2D eigenvalue weighted by molar-refractivity contribution is 6.36. The van der Waals surface area contributed by atoms with Gasteiger partial charge in [-0.2, -0.15) is 9.97 Å². The number of piperazine rings is 1. The largest absolute Gasteiger partial charge is 0.461 e. The van der Waals surface area contributed by atoms with Crippen LogP contribution in [-0.2, 0) is 4.79 Å². The Morgan fingerprint density at radius 1 is 1.16 bits per heavy atom. The van der Waals surface area contributed by atoms with E-state index in [1.165, 1.54) is 23.2 Å². The number of hydrogen-bond acceptors (Lipinski definition) is 8. The van der Waals surface area contributed by atoms with Crippen LogP contribution in [0.1, 0.15) is 27.1 Å². The third-order valence-corrected chi connectivity index (χ3v) is 11.0. The Morgan fingerprint density at radius 2 is 2.02 bits per heavy atom. The number of fused-ring (bicyclic) bond motifs is 3. The van der Waals surface area contributed by atoms with Crippen molar-refractivity contribution < 1.29 is 28.5 Å². The number of anilines is 1. The third-order valence-electron chi connectivity index (χ3n) is 10.6. The SMILES string of the molecule is [2H][C@H]1CN(c2nc(OC[C@@]34CCCN3C[C@H](F)C4)nc3c(F)c(-c4cccc5ccc(F)c(Cl)c45)ncc23)CCN1C(=O)/C(F)=C/C1CCN1C. The first-order valence-corrected chi connectivity index (χ1v) is 17.2. The summed E-state index contributed by atoms with van der Waals surface area (Å²) in [6.45, 7) is 0.958. The zero-order valence-corrected chi connectivity index (χ0v) is 28.1. The van der Waals surface area contributed by atoms with Crippen LogP contribution in [0.2, 0.25) is 5.02 Å². The predicted molar refractivity (Wildman–Crippen MR) is 183 cm³/mol. The molecule has 9 nitrogen and oxygen atoms in total. The molecule has 14 heteroatoms. The van der Waals surface area contributed by atoms with Gasteiger partial charge < -0.3 is 14.5 Å². The summed E-state index contributed by atoms with van der Waals surface area (Å²) in [5, 5.41) is 0.939. The number of likely N-dealkylation sites (N-methyl/N-ethyl adjacent to an activating group) is 1. The van der Waals surface area contributed by atoms with E-state index in [1.54, 1.807) is 29.2 Å². The van der Waals surface area contributed by atoms with Crippen molar-refractivity contribution in [3.05, 3.63) is 65.1 Å². The van der Waals surface area contributed by atoms with Crippen LogP contribution in [0.5, 0.6) is 6.01 Å². The molecule has 0 bridgehead atoms. The van der Waals surface area contributed by atoms with Crippen molar-refractivity contribution in [1.29, 1.82) is 0 Å². The molecule has 4 aromatic rings. The Morgan fingerprint density at radius 3 is 2.80 bits per heavy atom. The van der Waals surface area contributed by atoms with Gasteiger partial charge in [-0.15, -0.1) is 0 Å². The molecular formula is C36H36ClF4N7O2. The number of carbonyl (C=O) groups excluding carboxylic acids is 1. The molecule has 4 aliphatic rings. The zero-order valence-electron chi connectivity index (χ0n) is 28.4. The highest BCUT2D eigenvalue weighted by atomic mass is 35.5. The standard InChI is InChI=1S/C36H36ClF4N7O2/c1-45-11-8-23(45)16-27(40)34(49)47-14-12-46(13-15-47)33-25-18-42-31(24-5-2-4-21-6-7-26(39)29(37)28(21)24)30(41)32(25)43-35(44-33)50-20-36-9-3-10-48(36)19-22(38)17-36/h2,4-7,16,18,22-23H,3,8-15,17,19-20H2,1H3/b27-16-/t22-,23?,36+/m1/s1/i14D/t14-,22+,23?,36-/m0. The Hall–Kier alpha value is -4.07. The maximum atomic E-state index is 16.8. The number of rotatable bonds is 7. The molecule has 1 unspecified atom stereocenters. The molecule has 4 saturated heterocycles. The minimum absolute atomic E-state index is 0.0144. The van der Waals surface area contributed by atoms with Crippen LogP contribution in [0.25, 0.3) is 32.9 Å². The first-order valence-electron chi connectivity index (χ1n) is 17.4. The van der Waals surface area contributed by atoms with Gasteiger partial charge in [0.1, 0.15) is 35.6 Å². The minimum atomic E-state index is -1.16. The zero-order chi connectivity index (χ0) is 35.6. The quantitative estimate of drug-likeness (QED) is 0.173. The van der Waals surface area contributed by atoms with Crippen LogP contribution in [-0.4, -0.2) is 113 Å². The van der Waals surface area contributed by atoms with Crippen LogP contribution in [0, 0.1) is 11.6 Å². The van der Waals surface area contributed by atoms with E-state index >= 15 is 4.39 Å². The average Bonchev–Trinajstić information content (AvgIpc) is 3.65. The van der Waals surface area contributed by atoms with Crippen LogP contribution in [0.3, 0.4) is 0 Å². The van der Waals surface area contributed by atoms with Gasteiger partial charge in [0.25, 0.3) is 5.91 Å². The number of alkyl halides is 1. The summed E-state index contributed by atoms with van der Waals surface area (Å²) in [6.07, 6.45) is 4.45. The molecule has 1 amide bonds. The Bertz CT molecular complexity index is 2080. The molecule has 2 aromatic carbocycles. The normalized spacial score (nSPS) is 26.4. The molecular weight excluding hydrogens is 674 g/mol. The van der Waals surface area contributed by atoms with E-state index in [2.05, 4.69) is 19.9 Å². The highest BCUT2D eigenvalue weighted by Gasteiger charge is 2.49. The van der Waals surface area contributed by atoms with Gasteiger partial charge in [0.15, 0.2) is 11.6 Å². The molecule has 0 saturated carbocycles. The van der Waals surface area contributed by atoms with Gasteiger partial charge >= 0.3 is 6.01 Å². The summed E-state index contributed by atoms with van der Waals surface area (Å²) in [6, 6.07) is 7.53. The van der Waals surface area contributed by atoms with Gasteiger partial charge in [0, 0.05) is 68.9 Å². The fourth-order valence-corrected chi connectivity index (χ4v) is 8.05. The first-order chi connectivity index (χ1) is 24.5. The van der Waals surface area contributed by atoms with E-state index in [9.17, 15) is 18.0 Å². The van der Waals surface area contributed by atoms with Gasteiger partial charge in [0.2, 0.25) is 0 Å². The first kappa shape index (κ1) is 31.9. The molecule has 6 heterocycles. The lowest BCUT2D eigenvalue weighted by Gasteiger charge is -2.37. The Kier molecular flexibility index (Phi) is 8.24. The van der Waals surface area contributed by atoms with Crippen molar-refractivity contribution in [2.45, 2.75) is 43.4 Å². The topological polar surface area (TPSA) is 77.9 Å². The van der Waals surface area contributed by atoms with E-state index < -0.39 is 41.6 Å². The monoisotopic (exact) mass is 710 g/mol. The van der Waals surface area contributed by atoms with E-state index in [0.29, 0.717) is 23.7 Å². The number of benzene rings is 2. The van der Waals surface area contributed by atoms with Gasteiger partial charge in [0.05, 0.1) is 17.3 Å². The second kappa shape index (κ2) is 12.9. The molecule has 8 rings (SSSR count). The Labute approximate surface area is 292 Å². The van der Waals surface area contributed by atoms with Crippen LogP contribution >= 0.6 is 11.6 Å². The average molecular weight is 711 g/mol. The molecule has 4 atom stereocenters. The summed E-state index contributed by atoms with van der Waals surface area (Å²) in [4.78, 5) is 33.5. The second-order valence-electron chi connectivity index (χ2n) is 13.6. The van der Waals surface area contributed by atoms with Crippen molar-refractivity contribution >= 4 is 45.0 Å². The van der Waals surface area contributed by atoms with Crippen LogP contribution in [0.15, 0.2) is 48.4 Å². The summed E-state index contributed by atoms with van der Waals surface area (Å²) < 4.78 is 75.9. The van der Waals surface area contributed by atoms with Crippen molar-refractivity contribution in [1.82, 2.24) is 29.7 Å². The van der Waals surface area contributed by atoms with Crippen molar-refractivity contribution in [2.75, 3.05) is 64.3 Å². The van der Waals surface area contributed by atoms with Gasteiger partial charge in [-0.3, -0.25) is 19.6 Å². The number of hydrogen-bond donors (Lipinski definition) is 0. The summed E-state index contributed by atoms with van der Waals surface area (Å²) >= 11 is 6.39. The summed E-state index contributed by atoms with van der Waals surface area (Å²) in [7, 11) is 1.85. The summed E-state index contributed by atoms with van der Waals surface area (Å²) in [5.41, 5.74) is -0.492. The van der Waals surface area contributed by atoms with Crippen molar-refractivity contribution in [3.8, 4) is 17.3 Å². The molecule has 262 valence electrons. The fraction of sp³-hybridized carbons (Fsp3) is 0.444. The van der Waals surface area contributed by atoms with E-state index in [0.717, 1.165) is 32.4 Å². The number of pyridine rings is 1. The van der Waals surface area contributed by atoms with Crippen LogP contribution < -0.4 is 9.64 Å². The lowest BCUT2D eigenvalue weighted by Crippen LogP contribution is -2.49. The fourth-order valence-electron chi connectivity index (χ4n) is 7.78. The number of ether oxygens (including phenoxy) is 1. The maximum absolute atomic E-state index is 16.8. The maximum Gasteiger partial charge on any atom is 0.319 e. The van der Waals surface area contributed by atoms with E-state index in [1.807, 2.05) is 11.9 Å². The van der Waals surface area contributed by atoms with Crippen molar-refractivity contribution in [3.63, 3.8) is 0 Å². The van der Waals surface area contributed by atoms with Crippen LogP contribution in [0.4, 0.5) is 23.4 Å². The molecule has 2 aromatic heterocycles. The minimum Gasteiger partial charge on any atom is -0.461 e. The smallest absolute Gasteiger partial charge is 0.319 e. The number of amides is 1. The van der Waals surface area contributed by atoms with E-state index in [4.69, 9.17) is 17.7 Å². The van der Waals surface area contributed by atoms with Gasteiger partial charge in [-0.25, -0.2) is 17.6 Å². The third kappa shape index (κ3) is 5.72. The molecule has 4 aliphatic heterocycles. The van der Waals surface area contributed by atoms with E-state index in [-0.39, 0.29) is 71.3 Å². The molecule has 0 spiro atoms. The molecule has 50 heavy (non-hydrogen) atoms. The molecule has 4 fully saturated rings. The number of likely N-dealkylation sites (tertiary alicyclic amines) is 1. The number of nitrogens with zero attached hydrogens (tertiary/aromatic N) is 7.